The fraction of sp³-hybridized carbons (Fsp3) is 0.200. The Labute approximate surface area is 133 Å². The van der Waals surface area contributed by atoms with E-state index in [9.17, 15) is 8.78 Å². The van der Waals surface area contributed by atoms with E-state index < -0.39 is 0 Å². The summed E-state index contributed by atoms with van der Waals surface area (Å²) in [5.74, 6) is -0.546. The molecule has 1 unspecified atom stereocenters. The minimum Gasteiger partial charge on any atom is -0.313 e. The zero-order valence-corrected chi connectivity index (χ0v) is 13.9. The second-order valence-electron chi connectivity index (χ2n) is 4.45. The van der Waals surface area contributed by atoms with Crippen LogP contribution in [0, 0.1) is 11.6 Å². The second kappa shape index (κ2) is 6.78. The van der Waals surface area contributed by atoms with Crippen LogP contribution in [-0.2, 0) is 6.42 Å². The van der Waals surface area contributed by atoms with E-state index in [1.807, 2.05) is 0 Å². The summed E-state index contributed by atoms with van der Waals surface area (Å²) in [7, 11) is 1.80. The van der Waals surface area contributed by atoms with Gasteiger partial charge in [0.25, 0.3) is 0 Å². The molecule has 0 spiro atoms. The van der Waals surface area contributed by atoms with Crippen molar-refractivity contribution in [2.45, 2.75) is 12.5 Å². The number of benzene rings is 2. The van der Waals surface area contributed by atoms with Gasteiger partial charge in [0, 0.05) is 15.0 Å². The number of rotatable bonds is 4. The molecule has 0 aromatic heterocycles. The number of likely N-dealkylation sites (N-methyl/N-ethyl adjacent to an activating group) is 1. The van der Waals surface area contributed by atoms with Crippen LogP contribution in [0.25, 0.3) is 0 Å². The third-order valence-corrected chi connectivity index (χ3v) is 4.30. The van der Waals surface area contributed by atoms with Crippen LogP contribution in [0.4, 0.5) is 8.78 Å². The summed E-state index contributed by atoms with van der Waals surface area (Å²) in [4.78, 5) is 0. The molecule has 2 aromatic carbocycles. The molecule has 0 heterocycles. The smallest absolute Gasteiger partial charge is 0.126 e. The highest BCUT2D eigenvalue weighted by atomic mass is 79.9. The maximum atomic E-state index is 13.8. The van der Waals surface area contributed by atoms with Crippen LogP contribution in [0.2, 0.25) is 0 Å². The first-order valence-electron chi connectivity index (χ1n) is 6.07. The summed E-state index contributed by atoms with van der Waals surface area (Å²) in [5.41, 5.74) is 1.50. The predicted octanol–water partition coefficient (Wildman–Crippen LogP) is 4.99. The molecule has 0 amide bonds. The topological polar surface area (TPSA) is 12.0 Å². The van der Waals surface area contributed by atoms with E-state index in [4.69, 9.17) is 0 Å². The van der Waals surface area contributed by atoms with Gasteiger partial charge in [-0.3, -0.25) is 0 Å². The molecule has 0 aliphatic carbocycles. The van der Waals surface area contributed by atoms with E-state index in [0.29, 0.717) is 16.5 Å². The van der Waals surface area contributed by atoms with Gasteiger partial charge in [0.1, 0.15) is 11.6 Å². The molecule has 0 aliphatic heterocycles. The molecule has 0 saturated heterocycles. The summed E-state index contributed by atoms with van der Waals surface area (Å²) < 4.78 is 28.5. The average molecular weight is 405 g/mol. The van der Waals surface area contributed by atoms with Crippen molar-refractivity contribution in [3.8, 4) is 0 Å². The van der Waals surface area contributed by atoms with E-state index in [2.05, 4.69) is 37.2 Å². The molecule has 2 rings (SSSR count). The van der Waals surface area contributed by atoms with Gasteiger partial charge >= 0.3 is 0 Å². The van der Waals surface area contributed by atoms with Gasteiger partial charge in [-0.05, 0) is 54.9 Å². The van der Waals surface area contributed by atoms with Crippen molar-refractivity contribution >= 4 is 31.9 Å². The van der Waals surface area contributed by atoms with Crippen molar-refractivity contribution < 1.29 is 8.78 Å². The molecule has 2 aromatic rings. The quantitative estimate of drug-likeness (QED) is 0.756. The highest BCUT2D eigenvalue weighted by molar-refractivity contribution is 9.10. The third kappa shape index (κ3) is 3.65. The number of hydrogen-bond acceptors (Lipinski definition) is 1. The van der Waals surface area contributed by atoms with Gasteiger partial charge in [0.2, 0.25) is 0 Å². The van der Waals surface area contributed by atoms with Crippen molar-refractivity contribution in [3.05, 3.63) is 68.1 Å². The summed E-state index contributed by atoms with van der Waals surface area (Å²) in [6.07, 6.45) is 0.478. The van der Waals surface area contributed by atoms with Crippen LogP contribution < -0.4 is 5.32 Å². The van der Waals surface area contributed by atoms with Gasteiger partial charge in [-0.2, -0.15) is 0 Å². The SMILES string of the molecule is CNC(Cc1cc(Br)ccc1F)c1ccc(F)cc1Br. The Morgan fingerprint density at radius 2 is 1.85 bits per heavy atom. The lowest BCUT2D eigenvalue weighted by molar-refractivity contribution is 0.550. The lowest BCUT2D eigenvalue weighted by Gasteiger charge is -2.19. The van der Waals surface area contributed by atoms with Gasteiger partial charge in [-0.15, -0.1) is 0 Å². The molecule has 0 bridgehead atoms. The first-order valence-corrected chi connectivity index (χ1v) is 7.66. The largest absolute Gasteiger partial charge is 0.313 e. The maximum Gasteiger partial charge on any atom is 0.126 e. The van der Waals surface area contributed by atoms with Crippen LogP contribution >= 0.6 is 31.9 Å². The average Bonchev–Trinajstić information content (AvgIpc) is 2.40. The molecule has 1 atom stereocenters. The Morgan fingerprint density at radius 3 is 2.50 bits per heavy atom. The summed E-state index contributed by atoms with van der Waals surface area (Å²) in [6.45, 7) is 0. The summed E-state index contributed by atoms with van der Waals surface area (Å²) in [5, 5.41) is 3.14. The zero-order chi connectivity index (χ0) is 14.7. The first-order chi connectivity index (χ1) is 9.51. The van der Waals surface area contributed by atoms with Gasteiger partial charge in [0.15, 0.2) is 0 Å². The predicted molar refractivity (Wildman–Crippen MR) is 83.7 cm³/mol. The van der Waals surface area contributed by atoms with Gasteiger partial charge in [-0.25, -0.2) is 8.78 Å². The van der Waals surface area contributed by atoms with Crippen LogP contribution in [-0.4, -0.2) is 7.05 Å². The van der Waals surface area contributed by atoms with E-state index in [1.54, 1.807) is 25.2 Å². The molecular formula is C15H13Br2F2N. The molecule has 0 fully saturated rings. The molecule has 20 heavy (non-hydrogen) atoms. The van der Waals surface area contributed by atoms with Crippen LogP contribution in [0.3, 0.4) is 0 Å². The van der Waals surface area contributed by atoms with E-state index >= 15 is 0 Å². The van der Waals surface area contributed by atoms with E-state index in [0.717, 1.165) is 10.0 Å². The lowest BCUT2D eigenvalue weighted by atomic mass is 9.98. The first kappa shape index (κ1) is 15.6. The molecule has 1 N–H and O–H groups in total. The van der Waals surface area contributed by atoms with Crippen molar-refractivity contribution in [2.24, 2.45) is 0 Å². The van der Waals surface area contributed by atoms with Gasteiger partial charge in [-0.1, -0.05) is 37.9 Å². The highest BCUT2D eigenvalue weighted by Crippen LogP contribution is 2.28. The zero-order valence-electron chi connectivity index (χ0n) is 10.8. The fourth-order valence-corrected chi connectivity index (χ4v) is 3.11. The van der Waals surface area contributed by atoms with Gasteiger partial charge < -0.3 is 5.32 Å². The molecule has 0 saturated carbocycles. The minimum absolute atomic E-state index is 0.103. The van der Waals surface area contributed by atoms with Crippen molar-refractivity contribution in [1.82, 2.24) is 5.32 Å². The van der Waals surface area contributed by atoms with Crippen molar-refractivity contribution in [3.63, 3.8) is 0 Å². The fourth-order valence-electron chi connectivity index (χ4n) is 2.07. The Hall–Kier alpha value is -0.780. The molecular weight excluding hydrogens is 392 g/mol. The van der Waals surface area contributed by atoms with E-state index in [1.165, 1.54) is 18.2 Å². The standard InChI is InChI=1S/C15H13Br2F2N/c1-20-15(12-4-3-11(18)8-13(12)17)7-9-6-10(16)2-5-14(9)19/h2-6,8,15,20H,7H2,1H3. The summed E-state index contributed by atoms with van der Waals surface area (Å²) >= 11 is 6.69. The summed E-state index contributed by atoms with van der Waals surface area (Å²) in [6, 6.07) is 9.28. The third-order valence-electron chi connectivity index (χ3n) is 3.12. The second-order valence-corrected chi connectivity index (χ2v) is 6.22. The Bertz CT molecular complexity index is 617. The normalized spacial score (nSPS) is 12.4. The van der Waals surface area contributed by atoms with Crippen molar-refractivity contribution in [2.75, 3.05) is 7.05 Å². The monoisotopic (exact) mass is 403 g/mol. The molecule has 106 valence electrons. The highest BCUT2D eigenvalue weighted by Gasteiger charge is 2.16. The molecule has 0 aliphatic rings. The van der Waals surface area contributed by atoms with Crippen LogP contribution in [0.5, 0.6) is 0 Å². The number of hydrogen-bond donors (Lipinski definition) is 1. The van der Waals surface area contributed by atoms with Crippen LogP contribution in [0.1, 0.15) is 17.2 Å². The lowest BCUT2D eigenvalue weighted by Crippen LogP contribution is -2.20. The molecule has 0 radical (unpaired) electrons. The Kier molecular flexibility index (Phi) is 5.29. The maximum absolute atomic E-state index is 13.8. The van der Waals surface area contributed by atoms with Crippen molar-refractivity contribution in [1.29, 1.82) is 0 Å². The van der Waals surface area contributed by atoms with E-state index in [-0.39, 0.29) is 17.7 Å². The number of halogens is 4. The molecule has 5 heteroatoms. The number of nitrogens with one attached hydrogen (secondary N) is 1. The van der Waals surface area contributed by atoms with Gasteiger partial charge in [0.05, 0.1) is 0 Å². The Morgan fingerprint density at radius 1 is 1.10 bits per heavy atom. The minimum atomic E-state index is -0.302. The van der Waals surface area contributed by atoms with Crippen LogP contribution in [0.15, 0.2) is 45.3 Å². The molecule has 1 nitrogen and oxygen atoms in total. The Balaban J connectivity index is 2.31.